The first-order valence-electron chi connectivity index (χ1n) is 14.3. The van der Waals surface area contributed by atoms with Crippen molar-refractivity contribution in [1.29, 1.82) is 0 Å². The number of fused-ring (bicyclic) bond motifs is 1. The second kappa shape index (κ2) is 10.5. The van der Waals surface area contributed by atoms with Crippen LogP contribution in [0.1, 0.15) is 103 Å². The van der Waals surface area contributed by atoms with E-state index in [4.69, 9.17) is 8.85 Å². The second-order valence-electron chi connectivity index (χ2n) is 11.7. The number of esters is 1. The second-order valence-corrected chi connectivity index (χ2v) is 11.7. The normalized spacial score (nSPS) is 37.9. The van der Waals surface area contributed by atoms with Crippen molar-refractivity contribution in [1.82, 2.24) is 0 Å². The third kappa shape index (κ3) is 6.39. The highest BCUT2D eigenvalue weighted by molar-refractivity contribution is 5.69. The van der Waals surface area contributed by atoms with Gasteiger partial charge >= 0.3 is 5.97 Å². The molecule has 0 saturated heterocycles. The third-order valence-corrected chi connectivity index (χ3v) is 7.96. The largest absolute Gasteiger partial charge is 0.460 e. The number of hydrogen-bond donors (Lipinski definition) is 2. The fourth-order valence-corrected chi connectivity index (χ4v) is 6.37. The van der Waals surface area contributed by atoms with Gasteiger partial charge in [-0.1, -0.05) is 38.1 Å². The van der Waals surface area contributed by atoms with Gasteiger partial charge in [0, 0.05) is 17.0 Å². The van der Waals surface area contributed by atoms with Crippen LogP contribution in [0.2, 0.25) is 0 Å². The van der Waals surface area contributed by atoms with E-state index in [1.807, 2.05) is 26.8 Å². The highest BCUT2D eigenvalue weighted by atomic mass is 16.6. The molecule has 0 aliphatic heterocycles. The van der Waals surface area contributed by atoms with Crippen molar-refractivity contribution < 1.29 is 23.9 Å². The molecule has 2 N–H and O–H groups in total. The molecule has 0 aromatic heterocycles. The summed E-state index contributed by atoms with van der Waals surface area (Å²) >= 11 is 0. The van der Waals surface area contributed by atoms with E-state index in [2.05, 4.69) is 19.6 Å². The molecule has 4 nitrogen and oxygen atoms in total. The Morgan fingerprint density at radius 1 is 1.33 bits per heavy atom. The molecule has 3 fully saturated rings. The zero-order valence-electron chi connectivity index (χ0n) is 24.0. The molecule has 0 aromatic rings. The molecule has 0 spiro atoms. The van der Waals surface area contributed by atoms with Crippen molar-refractivity contribution in [2.45, 2.75) is 117 Å². The minimum absolute atomic E-state index is 0.000564. The quantitative estimate of drug-likeness (QED) is 0.457. The number of rotatable bonds is 6. The Labute approximate surface area is 205 Å². The summed E-state index contributed by atoms with van der Waals surface area (Å²) < 4.78 is 31.4. The van der Waals surface area contributed by atoms with Gasteiger partial charge in [-0.25, -0.2) is 0 Å². The van der Waals surface area contributed by atoms with E-state index in [1.165, 1.54) is 5.57 Å². The van der Waals surface area contributed by atoms with Crippen LogP contribution in [0.5, 0.6) is 0 Å². The fraction of sp³-hybridized carbons (Fsp3) is 0.759. The molecular weight excluding hydrogens is 412 g/mol. The number of allylic oxidation sites excluding steroid dienone is 3. The van der Waals surface area contributed by atoms with Crippen molar-refractivity contribution in [2.24, 2.45) is 23.2 Å². The first-order chi connectivity index (χ1) is 16.7. The van der Waals surface area contributed by atoms with Gasteiger partial charge in [0.1, 0.15) is 5.60 Å². The first kappa shape index (κ1) is 22.1. The van der Waals surface area contributed by atoms with E-state index in [9.17, 15) is 15.0 Å². The van der Waals surface area contributed by atoms with Crippen molar-refractivity contribution in [2.75, 3.05) is 0 Å². The summed E-state index contributed by atoms with van der Waals surface area (Å²) in [6.45, 7) is 9.70. The van der Waals surface area contributed by atoms with Crippen LogP contribution in [-0.2, 0) is 9.53 Å². The molecule has 0 bridgehead atoms. The van der Waals surface area contributed by atoms with Crippen LogP contribution in [0.25, 0.3) is 0 Å². The smallest absolute Gasteiger partial charge is 0.306 e. The summed E-state index contributed by atoms with van der Waals surface area (Å²) in [7, 11) is 0. The Bertz CT molecular complexity index is 882. The molecule has 6 atom stereocenters. The number of aliphatic hydroxyl groups excluding tert-OH is 2. The molecule has 4 heteroatoms. The highest BCUT2D eigenvalue weighted by Gasteiger charge is 2.50. The number of ether oxygens (including phenoxy) is 1. The lowest BCUT2D eigenvalue weighted by Crippen LogP contribution is -2.36. The fourth-order valence-electron chi connectivity index (χ4n) is 6.37. The lowest BCUT2D eigenvalue weighted by molar-refractivity contribution is -0.155. The Balaban J connectivity index is 1.78. The van der Waals surface area contributed by atoms with Crippen molar-refractivity contribution >= 4 is 5.97 Å². The van der Waals surface area contributed by atoms with E-state index in [1.54, 1.807) is 0 Å². The predicted octanol–water partition coefficient (Wildman–Crippen LogP) is 6.28. The van der Waals surface area contributed by atoms with Crippen LogP contribution in [0, 0.1) is 23.2 Å². The Kier molecular flexibility index (Phi) is 7.02. The molecule has 3 rings (SSSR count). The van der Waals surface area contributed by atoms with Crippen LogP contribution in [-0.4, -0.2) is 34.0 Å². The van der Waals surface area contributed by atoms with E-state index in [-0.39, 0.29) is 23.7 Å². The van der Waals surface area contributed by atoms with Crippen LogP contribution in [0.4, 0.5) is 0 Å². The number of aliphatic hydroxyl groups is 2. The molecule has 0 radical (unpaired) electrons. The predicted molar refractivity (Wildman–Crippen MR) is 134 cm³/mol. The minimum atomic E-state index is -2.06. The maximum Gasteiger partial charge on any atom is 0.306 e. The first-order valence-corrected chi connectivity index (χ1v) is 12.8. The van der Waals surface area contributed by atoms with Gasteiger partial charge in [-0.3, -0.25) is 4.79 Å². The number of carbonyl (C=O) groups is 1. The molecule has 33 heavy (non-hydrogen) atoms. The maximum atomic E-state index is 12.2. The van der Waals surface area contributed by atoms with Crippen LogP contribution in [0.15, 0.2) is 35.5 Å². The Morgan fingerprint density at radius 2 is 2.09 bits per heavy atom. The lowest BCUT2D eigenvalue weighted by atomic mass is 9.60. The summed E-state index contributed by atoms with van der Waals surface area (Å²) in [5.74, 6) is 0.0952. The number of hydrogen-bond acceptors (Lipinski definition) is 4. The average molecular weight is 462 g/mol. The zero-order valence-corrected chi connectivity index (χ0v) is 21.0. The van der Waals surface area contributed by atoms with Gasteiger partial charge in [-0.2, -0.15) is 0 Å². The highest BCUT2D eigenvalue weighted by Crippen LogP contribution is 2.59. The molecule has 0 aromatic carbocycles. The Hall–Kier alpha value is -1.39. The molecule has 186 valence electrons. The van der Waals surface area contributed by atoms with E-state index in [0.29, 0.717) is 37.7 Å². The lowest BCUT2D eigenvalue weighted by Gasteiger charge is -2.44. The summed E-state index contributed by atoms with van der Waals surface area (Å²) in [6.07, 6.45) is 9.52. The summed E-state index contributed by atoms with van der Waals surface area (Å²) in [6, 6.07) is 0. The van der Waals surface area contributed by atoms with Crippen molar-refractivity contribution in [3.05, 3.63) is 35.5 Å². The topological polar surface area (TPSA) is 66.8 Å². The summed E-state index contributed by atoms with van der Waals surface area (Å²) in [5.41, 5.74) is 1.44. The standard InChI is InChI=1S/C29H46O4/c1-19(9-7-11-27(32)33-28(3,4)5)24-14-15-25-21(10-8-16-29(24,25)6)12-13-22-17-23(30)18-26(31)20(22)2/h12-13,19,23-26,30-31H,2,7-11,14-18H2,1,3-6H3/b21-12+,22-13-/t19-,23-,24+,25-,26-,29+/m0/s1/i6D3. The molecule has 3 aliphatic rings. The van der Waals surface area contributed by atoms with Crippen LogP contribution >= 0.6 is 0 Å². The zero-order chi connectivity index (χ0) is 26.9. The van der Waals surface area contributed by atoms with Gasteiger partial charge in [0.05, 0.1) is 12.2 Å². The van der Waals surface area contributed by atoms with Crippen molar-refractivity contribution in [3.63, 3.8) is 0 Å². The van der Waals surface area contributed by atoms with Gasteiger partial charge in [-0.05, 0) is 106 Å². The molecule has 0 amide bonds. The van der Waals surface area contributed by atoms with E-state index in [0.717, 1.165) is 37.7 Å². The van der Waals surface area contributed by atoms with Crippen molar-refractivity contribution in [3.8, 4) is 0 Å². The van der Waals surface area contributed by atoms with Gasteiger partial charge in [0.25, 0.3) is 0 Å². The minimum Gasteiger partial charge on any atom is -0.460 e. The van der Waals surface area contributed by atoms with Gasteiger partial charge in [0.15, 0.2) is 0 Å². The summed E-state index contributed by atoms with van der Waals surface area (Å²) in [5, 5.41) is 20.3. The van der Waals surface area contributed by atoms with Crippen LogP contribution in [0.3, 0.4) is 0 Å². The van der Waals surface area contributed by atoms with Gasteiger partial charge in [0.2, 0.25) is 0 Å². The molecule has 0 heterocycles. The number of carbonyl (C=O) groups excluding carboxylic acids is 1. The maximum absolute atomic E-state index is 12.2. The van der Waals surface area contributed by atoms with Gasteiger partial charge < -0.3 is 14.9 Å². The van der Waals surface area contributed by atoms with Crippen LogP contribution < -0.4 is 0 Å². The monoisotopic (exact) mass is 461 g/mol. The van der Waals surface area contributed by atoms with E-state index < -0.39 is 30.1 Å². The SMILES string of the molecule is [2H]C([2H])([2H])[C@]12CCC/C(=C\C=C3\C[C@H](O)C[C@H](O)C3=C)[C@@H]1CC[C@@H]2[C@@H](C)CCCC(=O)OC(C)(C)C. The molecule has 3 aliphatic carbocycles. The van der Waals surface area contributed by atoms with E-state index >= 15 is 0 Å². The summed E-state index contributed by atoms with van der Waals surface area (Å²) in [4.78, 5) is 12.2. The molecular formula is C29H46O4. The van der Waals surface area contributed by atoms with Gasteiger partial charge in [-0.15, -0.1) is 0 Å². The Morgan fingerprint density at radius 3 is 2.79 bits per heavy atom. The molecule has 3 saturated carbocycles. The third-order valence-electron chi connectivity index (χ3n) is 7.96. The average Bonchev–Trinajstić information content (AvgIpc) is 3.15. The molecule has 0 unspecified atom stereocenters.